The number of nitrogens with one attached hydrogen (secondary N) is 1. The number of carbonyl (C=O) groups excluding carboxylic acids is 2. The molecule has 1 saturated heterocycles. The number of carbonyl (C=O) groups is 2. The highest BCUT2D eigenvalue weighted by atomic mass is 16.3. The Balaban J connectivity index is 1.15. The molecular weight excluding hydrogens is 500 g/mol. The molecule has 2 amide bonds. The SMILES string of the molecule is Cc1cnc(C(=O)Nc2ccc(-n3ncc4c(=O)n(CC5(O)CCN(C(=O)C6CC6)CC5)cnc43)cc2)cn1. The molecule has 39 heavy (non-hydrogen) atoms. The predicted molar refractivity (Wildman–Crippen MR) is 141 cm³/mol. The Morgan fingerprint density at radius 2 is 1.79 bits per heavy atom. The third-order valence-electron chi connectivity index (χ3n) is 7.33. The molecular formula is C27H28N8O4. The normalized spacial score (nSPS) is 16.8. The molecule has 1 aromatic carbocycles. The van der Waals surface area contributed by atoms with Gasteiger partial charge >= 0.3 is 0 Å². The Labute approximate surface area is 223 Å². The second-order valence-corrected chi connectivity index (χ2v) is 10.3. The second-order valence-electron chi connectivity index (χ2n) is 10.3. The molecule has 4 heterocycles. The van der Waals surface area contributed by atoms with E-state index in [1.807, 2.05) is 4.90 Å². The first-order valence-corrected chi connectivity index (χ1v) is 12.9. The van der Waals surface area contributed by atoms with Crippen LogP contribution >= 0.6 is 0 Å². The summed E-state index contributed by atoms with van der Waals surface area (Å²) in [6.07, 6.45) is 8.59. The van der Waals surface area contributed by atoms with Gasteiger partial charge in [0.05, 0.1) is 35.9 Å². The minimum atomic E-state index is -1.08. The van der Waals surface area contributed by atoms with Gasteiger partial charge in [0, 0.05) is 30.9 Å². The Morgan fingerprint density at radius 1 is 1.05 bits per heavy atom. The van der Waals surface area contributed by atoms with Gasteiger partial charge < -0.3 is 15.3 Å². The van der Waals surface area contributed by atoms with Gasteiger partial charge in [0.1, 0.15) is 17.4 Å². The number of likely N-dealkylation sites (tertiary alicyclic amines) is 1. The van der Waals surface area contributed by atoms with E-state index in [0.29, 0.717) is 48.3 Å². The highest BCUT2D eigenvalue weighted by molar-refractivity contribution is 6.02. The zero-order valence-corrected chi connectivity index (χ0v) is 21.4. The maximum atomic E-state index is 13.2. The molecule has 2 fully saturated rings. The summed E-state index contributed by atoms with van der Waals surface area (Å²) >= 11 is 0. The molecule has 0 unspecified atom stereocenters. The van der Waals surface area contributed by atoms with Gasteiger partial charge in [-0.1, -0.05) is 0 Å². The smallest absolute Gasteiger partial charge is 0.275 e. The highest BCUT2D eigenvalue weighted by Gasteiger charge is 2.39. The Bertz CT molecular complexity index is 1600. The molecule has 0 bridgehead atoms. The summed E-state index contributed by atoms with van der Waals surface area (Å²) < 4.78 is 2.97. The number of aryl methyl sites for hydroxylation is 1. The number of benzene rings is 1. The van der Waals surface area contributed by atoms with E-state index in [4.69, 9.17) is 0 Å². The fourth-order valence-corrected chi connectivity index (χ4v) is 4.85. The average molecular weight is 529 g/mol. The van der Waals surface area contributed by atoms with Crippen molar-refractivity contribution in [2.24, 2.45) is 5.92 Å². The van der Waals surface area contributed by atoms with Crippen molar-refractivity contribution < 1.29 is 14.7 Å². The standard InChI is InChI=1S/C27H28N8O4/c1-17-12-29-22(14-28-17)24(36)32-19-4-6-20(7-5-19)35-23-21(13-31-35)26(38)34(16-30-23)15-27(39)8-10-33(11-9-27)25(37)18-2-3-18/h4-7,12-14,16,18,39H,2-3,8-11,15H2,1H3,(H,32,36). The molecule has 6 rings (SSSR count). The fourth-order valence-electron chi connectivity index (χ4n) is 4.85. The number of aromatic nitrogens is 6. The molecule has 2 aliphatic rings. The number of aliphatic hydroxyl groups is 1. The van der Waals surface area contributed by atoms with E-state index in [-0.39, 0.29) is 35.5 Å². The number of piperidine rings is 1. The van der Waals surface area contributed by atoms with Gasteiger partial charge in [-0.2, -0.15) is 5.10 Å². The Hall–Kier alpha value is -4.45. The van der Waals surface area contributed by atoms with Crippen LogP contribution in [0, 0.1) is 12.8 Å². The van der Waals surface area contributed by atoms with Crippen LogP contribution in [-0.4, -0.2) is 69.8 Å². The van der Waals surface area contributed by atoms with Crippen molar-refractivity contribution in [2.45, 2.75) is 44.8 Å². The molecule has 12 nitrogen and oxygen atoms in total. The lowest BCUT2D eigenvalue weighted by Crippen LogP contribution is -2.50. The monoisotopic (exact) mass is 528 g/mol. The summed E-state index contributed by atoms with van der Waals surface area (Å²) in [5.74, 6) is -0.0324. The van der Waals surface area contributed by atoms with Gasteiger partial charge in [0.15, 0.2) is 5.65 Å². The number of nitrogens with zero attached hydrogens (tertiary/aromatic N) is 7. The predicted octanol–water partition coefficient (Wildman–Crippen LogP) is 1.70. The van der Waals surface area contributed by atoms with Crippen LogP contribution in [-0.2, 0) is 11.3 Å². The Morgan fingerprint density at radius 3 is 2.46 bits per heavy atom. The summed E-state index contributed by atoms with van der Waals surface area (Å²) in [5, 5.41) is 18.6. The number of rotatable bonds is 6. The van der Waals surface area contributed by atoms with Gasteiger partial charge in [0.2, 0.25) is 5.91 Å². The number of hydrogen-bond acceptors (Lipinski definition) is 8. The minimum Gasteiger partial charge on any atom is -0.388 e. The van der Waals surface area contributed by atoms with Gasteiger partial charge in [-0.3, -0.25) is 23.9 Å². The lowest BCUT2D eigenvalue weighted by atomic mass is 9.91. The van der Waals surface area contributed by atoms with Crippen LogP contribution in [0.2, 0.25) is 0 Å². The van der Waals surface area contributed by atoms with Crippen molar-refractivity contribution in [2.75, 3.05) is 18.4 Å². The van der Waals surface area contributed by atoms with Crippen LogP contribution in [0.25, 0.3) is 16.7 Å². The third kappa shape index (κ3) is 5.02. The van der Waals surface area contributed by atoms with E-state index < -0.39 is 5.60 Å². The van der Waals surface area contributed by atoms with Crippen molar-refractivity contribution >= 4 is 28.5 Å². The van der Waals surface area contributed by atoms with E-state index >= 15 is 0 Å². The first-order valence-electron chi connectivity index (χ1n) is 12.9. The summed E-state index contributed by atoms with van der Waals surface area (Å²) in [6.45, 7) is 2.88. The van der Waals surface area contributed by atoms with Crippen molar-refractivity contribution in [3.05, 3.63) is 70.9 Å². The molecule has 0 radical (unpaired) electrons. The first-order chi connectivity index (χ1) is 18.8. The fraction of sp³-hybridized carbons (Fsp3) is 0.370. The number of anilines is 1. The average Bonchev–Trinajstić information content (AvgIpc) is 3.70. The first kappa shape index (κ1) is 24.9. The van der Waals surface area contributed by atoms with E-state index in [1.54, 1.807) is 35.9 Å². The lowest BCUT2D eigenvalue weighted by Gasteiger charge is -2.38. The molecule has 1 saturated carbocycles. The van der Waals surface area contributed by atoms with E-state index in [9.17, 15) is 19.5 Å². The van der Waals surface area contributed by atoms with Crippen LogP contribution in [0.1, 0.15) is 41.9 Å². The van der Waals surface area contributed by atoms with Crippen molar-refractivity contribution in [3.63, 3.8) is 0 Å². The zero-order chi connectivity index (χ0) is 27.1. The maximum absolute atomic E-state index is 13.2. The molecule has 0 spiro atoms. The zero-order valence-electron chi connectivity index (χ0n) is 21.4. The largest absolute Gasteiger partial charge is 0.388 e. The second kappa shape index (κ2) is 9.70. The molecule has 0 atom stereocenters. The van der Waals surface area contributed by atoms with Crippen molar-refractivity contribution in [1.29, 1.82) is 0 Å². The number of fused-ring (bicyclic) bond motifs is 1. The van der Waals surface area contributed by atoms with Crippen LogP contribution in [0.15, 0.2) is 54.0 Å². The van der Waals surface area contributed by atoms with Crippen LogP contribution in [0.5, 0.6) is 0 Å². The maximum Gasteiger partial charge on any atom is 0.275 e. The molecule has 200 valence electrons. The van der Waals surface area contributed by atoms with E-state index in [1.165, 1.54) is 29.5 Å². The Kier molecular flexibility index (Phi) is 6.18. The van der Waals surface area contributed by atoms with E-state index in [2.05, 4.69) is 25.4 Å². The molecule has 2 N–H and O–H groups in total. The van der Waals surface area contributed by atoms with E-state index in [0.717, 1.165) is 18.5 Å². The van der Waals surface area contributed by atoms with Crippen LogP contribution in [0.3, 0.4) is 0 Å². The third-order valence-corrected chi connectivity index (χ3v) is 7.33. The summed E-state index contributed by atoms with van der Waals surface area (Å²) in [7, 11) is 0. The summed E-state index contributed by atoms with van der Waals surface area (Å²) in [4.78, 5) is 52.4. The summed E-state index contributed by atoms with van der Waals surface area (Å²) in [5.41, 5.74) is 1.18. The molecule has 1 aliphatic carbocycles. The highest BCUT2D eigenvalue weighted by Crippen LogP contribution is 2.33. The van der Waals surface area contributed by atoms with Gasteiger partial charge in [-0.25, -0.2) is 14.6 Å². The topological polar surface area (TPSA) is 148 Å². The van der Waals surface area contributed by atoms with Gasteiger partial charge in [0.25, 0.3) is 11.5 Å². The number of hydrogen-bond donors (Lipinski definition) is 2. The molecule has 3 aromatic heterocycles. The van der Waals surface area contributed by atoms with Crippen molar-refractivity contribution in [3.8, 4) is 5.69 Å². The van der Waals surface area contributed by atoms with Gasteiger partial charge in [-0.15, -0.1) is 0 Å². The minimum absolute atomic E-state index is 0.102. The van der Waals surface area contributed by atoms with Crippen LogP contribution in [0.4, 0.5) is 5.69 Å². The quantitative estimate of drug-likeness (QED) is 0.384. The summed E-state index contributed by atoms with van der Waals surface area (Å²) in [6, 6.07) is 6.96. The van der Waals surface area contributed by atoms with Crippen LogP contribution < -0.4 is 10.9 Å². The van der Waals surface area contributed by atoms with Crippen molar-refractivity contribution in [1.82, 2.24) is 34.2 Å². The molecule has 4 aromatic rings. The molecule has 12 heteroatoms. The lowest BCUT2D eigenvalue weighted by molar-refractivity contribution is -0.137. The van der Waals surface area contributed by atoms with Gasteiger partial charge in [-0.05, 0) is 56.9 Å². The number of amides is 2. The molecule has 1 aliphatic heterocycles.